The number of aliphatic hydroxyl groups is 1. The summed E-state index contributed by atoms with van der Waals surface area (Å²) in [5.74, 6) is -0.250. The molecular weight excluding hydrogens is 509 g/mol. The van der Waals surface area contributed by atoms with E-state index in [9.17, 15) is 14.5 Å². The van der Waals surface area contributed by atoms with Crippen molar-refractivity contribution in [3.63, 3.8) is 0 Å². The third-order valence-corrected chi connectivity index (χ3v) is 8.78. The Kier molecular flexibility index (Phi) is 8.13. The number of nitrogens with one attached hydrogen (secondary N) is 1. The molecule has 0 spiro atoms. The summed E-state index contributed by atoms with van der Waals surface area (Å²) in [6.07, 6.45) is 2.99. The normalized spacial score (nSPS) is 23.0. The summed E-state index contributed by atoms with van der Waals surface area (Å²) in [6.45, 7) is 9.05. The molecule has 11 nitrogen and oxygen atoms in total. The van der Waals surface area contributed by atoms with E-state index in [-0.39, 0.29) is 42.6 Å². The number of esters is 1. The zero-order valence-corrected chi connectivity index (χ0v) is 23.2. The zero-order chi connectivity index (χ0) is 27.7. The lowest BCUT2D eigenvalue weighted by atomic mass is 9.52. The number of ether oxygens (including phenoxy) is 1. The van der Waals surface area contributed by atoms with Gasteiger partial charge in [-0.2, -0.15) is 5.09 Å². The number of nitrogen functional groups attached to an aromatic ring is 1. The molecule has 0 radical (unpaired) electrons. The number of anilines is 1. The van der Waals surface area contributed by atoms with Crippen LogP contribution in [-0.2, 0) is 18.6 Å². The smallest absolute Gasteiger partial charge is 0.459 e. The molecule has 1 saturated carbocycles. The highest BCUT2D eigenvalue weighted by Gasteiger charge is 2.57. The van der Waals surface area contributed by atoms with Gasteiger partial charge in [-0.3, -0.25) is 9.32 Å². The van der Waals surface area contributed by atoms with Crippen LogP contribution in [0.1, 0.15) is 40.7 Å². The first kappa shape index (κ1) is 28.0. The van der Waals surface area contributed by atoms with E-state index in [1.54, 1.807) is 51.1 Å². The van der Waals surface area contributed by atoms with Gasteiger partial charge in [0.2, 0.25) is 0 Å². The lowest BCUT2D eigenvalue weighted by Crippen LogP contribution is -2.57. The van der Waals surface area contributed by atoms with E-state index in [1.165, 1.54) is 6.33 Å². The van der Waals surface area contributed by atoms with Gasteiger partial charge in [0, 0.05) is 24.8 Å². The number of nitrogens with two attached hydrogens (primary N) is 1. The maximum absolute atomic E-state index is 13.9. The van der Waals surface area contributed by atoms with Crippen molar-refractivity contribution in [1.29, 1.82) is 0 Å². The van der Waals surface area contributed by atoms with E-state index in [0.717, 1.165) is 5.39 Å². The largest absolute Gasteiger partial charge is 0.462 e. The molecule has 1 aliphatic carbocycles. The lowest BCUT2D eigenvalue weighted by Gasteiger charge is -2.58. The van der Waals surface area contributed by atoms with Crippen LogP contribution in [0.3, 0.4) is 0 Å². The van der Waals surface area contributed by atoms with Crippen LogP contribution in [-0.4, -0.2) is 51.0 Å². The second kappa shape index (κ2) is 11.0. The van der Waals surface area contributed by atoms with Crippen LogP contribution in [0.25, 0.3) is 11.0 Å². The van der Waals surface area contributed by atoms with Gasteiger partial charge in [0.15, 0.2) is 0 Å². The molecule has 38 heavy (non-hydrogen) atoms. The molecule has 206 valence electrons. The van der Waals surface area contributed by atoms with Crippen molar-refractivity contribution in [3.05, 3.63) is 48.9 Å². The topological polar surface area (TPSA) is 151 Å². The molecule has 1 fully saturated rings. The van der Waals surface area contributed by atoms with Gasteiger partial charge in [-0.25, -0.2) is 14.5 Å². The van der Waals surface area contributed by atoms with Crippen molar-refractivity contribution >= 4 is 30.6 Å². The molecule has 0 amide bonds. The van der Waals surface area contributed by atoms with Gasteiger partial charge in [-0.1, -0.05) is 32.0 Å². The van der Waals surface area contributed by atoms with E-state index < -0.39 is 19.8 Å². The highest BCUT2D eigenvalue weighted by molar-refractivity contribution is 7.52. The minimum absolute atomic E-state index is 0.0219. The number of carbonyl (C=O) groups excluding carboxylic acids is 1. The molecule has 4 N–H and O–H groups in total. The van der Waals surface area contributed by atoms with E-state index in [0.29, 0.717) is 17.2 Å². The van der Waals surface area contributed by atoms with Crippen molar-refractivity contribution < 1.29 is 28.3 Å². The molecule has 2 heterocycles. The van der Waals surface area contributed by atoms with Crippen LogP contribution in [0.5, 0.6) is 5.75 Å². The second-order valence-corrected chi connectivity index (χ2v) is 12.2. The van der Waals surface area contributed by atoms with Gasteiger partial charge < -0.3 is 24.7 Å². The average Bonchev–Trinajstić information content (AvgIpc) is 3.27. The number of hydrogen-bond acceptors (Lipinski definition) is 9. The standard InChI is InChI=1S/C26H36N5O6P/c1-16(2)36-25(33)17(3)30-38(34,37-18-9-7-6-8-10-18)35-14-21-20(13-32)22(26(21,4)5)31-12-11-19-23(27)28-15-29-24(19)31/h6-12,15-17,20-22,32H,13-14H2,1-5H3,(H,30,34)(H2,27,28,29)/t17?,20-,21-,22+,38?/m1/s1. The summed E-state index contributed by atoms with van der Waals surface area (Å²) in [4.78, 5) is 20.9. The van der Waals surface area contributed by atoms with E-state index in [4.69, 9.17) is 19.5 Å². The highest BCUT2D eigenvalue weighted by Crippen LogP contribution is 2.60. The lowest BCUT2D eigenvalue weighted by molar-refractivity contribution is -0.149. The summed E-state index contributed by atoms with van der Waals surface area (Å²) < 4.78 is 32.9. The molecule has 12 heteroatoms. The Morgan fingerprint density at radius 1 is 1.21 bits per heavy atom. The zero-order valence-electron chi connectivity index (χ0n) is 22.3. The molecule has 3 aromatic rings. The first-order chi connectivity index (χ1) is 18.0. The Labute approximate surface area is 222 Å². The summed E-state index contributed by atoms with van der Waals surface area (Å²) >= 11 is 0. The van der Waals surface area contributed by atoms with E-state index in [1.807, 2.05) is 16.8 Å². The summed E-state index contributed by atoms with van der Waals surface area (Å²) in [5, 5.41) is 13.8. The average molecular weight is 546 g/mol. The number of nitrogens with zero attached hydrogens (tertiary/aromatic N) is 3. The van der Waals surface area contributed by atoms with E-state index >= 15 is 0 Å². The van der Waals surface area contributed by atoms with Gasteiger partial charge in [0.25, 0.3) is 0 Å². The monoisotopic (exact) mass is 545 g/mol. The predicted octanol–water partition coefficient (Wildman–Crippen LogP) is 3.95. The minimum Gasteiger partial charge on any atom is -0.462 e. The number of aromatic nitrogens is 3. The van der Waals surface area contributed by atoms with Crippen LogP contribution in [0, 0.1) is 17.3 Å². The van der Waals surface area contributed by atoms with Crippen molar-refractivity contribution in [2.24, 2.45) is 17.3 Å². The quantitative estimate of drug-likeness (QED) is 0.239. The molecule has 4 rings (SSSR count). The molecule has 0 aliphatic heterocycles. The SMILES string of the molecule is CC(C)OC(=O)C(C)NP(=O)(OC[C@@H]1[C@@H](CO)[C@H](n2ccc3c(N)ncnc32)C1(C)C)Oc1ccccc1. The van der Waals surface area contributed by atoms with Crippen LogP contribution >= 0.6 is 7.75 Å². The maximum Gasteiger partial charge on any atom is 0.459 e. The molecule has 1 aliphatic rings. The number of carbonyl (C=O) groups is 1. The van der Waals surface area contributed by atoms with Gasteiger partial charge >= 0.3 is 13.7 Å². The third kappa shape index (κ3) is 5.56. The molecular formula is C26H36N5O6P. The van der Waals surface area contributed by atoms with Gasteiger partial charge in [0.05, 0.1) is 18.1 Å². The summed E-state index contributed by atoms with van der Waals surface area (Å²) in [5.41, 5.74) is 6.33. The van der Waals surface area contributed by atoms with Crippen molar-refractivity contribution in [3.8, 4) is 5.75 Å². The van der Waals surface area contributed by atoms with Crippen LogP contribution < -0.4 is 15.3 Å². The molecule has 0 saturated heterocycles. The van der Waals surface area contributed by atoms with E-state index in [2.05, 4.69) is 28.9 Å². The Morgan fingerprint density at radius 3 is 2.58 bits per heavy atom. The first-order valence-electron chi connectivity index (χ1n) is 12.6. The number of aliphatic hydroxyl groups excluding tert-OH is 1. The maximum atomic E-state index is 13.9. The fourth-order valence-corrected chi connectivity index (χ4v) is 6.80. The van der Waals surface area contributed by atoms with Crippen molar-refractivity contribution in [2.45, 2.75) is 52.8 Å². The highest BCUT2D eigenvalue weighted by atomic mass is 31.2. The molecule has 1 aromatic carbocycles. The summed E-state index contributed by atoms with van der Waals surface area (Å²) in [6, 6.07) is 9.40. The van der Waals surface area contributed by atoms with Crippen LogP contribution in [0.15, 0.2) is 48.9 Å². The second-order valence-electron chi connectivity index (χ2n) is 10.5. The predicted molar refractivity (Wildman–Crippen MR) is 143 cm³/mol. The first-order valence-corrected chi connectivity index (χ1v) is 14.2. The fourth-order valence-electron chi connectivity index (χ4n) is 5.28. The van der Waals surface area contributed by atoms with Crippen LogP contribution in [0.2, 0.25) is 0 Å². The Balaban J connectivity index is 1.55. The number of para-hydroxylation sites is 1. The Hall–Kier alpha value is -2.98. The van der Waals surface area contributed by atoms with Gasteiger partial charge in [-0.15, -0.1) is 0 Å². The van der Waals surface area contributed by atoms with Crippen LogP contribution in [0.4, 0.5) is 5.82 Å². The Bertz CT molecular complexity index is 1310. The van der Waals surface area contributed by atoms with Gasteiger partial charge in [0.1, 0.15) is 29.6 Å². The molecule has 2 unspecified atom stereocenters. The number of rotatable bonds is 11. The number of fused-ring (bicyclic) bond motifs is 1. The number of hydrogen-bond donors (Lipinski definition) is 3. The van der Waals surface area contributed by atoms with Gasteiger partial charge in [-0.05, 0) is 50.3 Å². The Morgan fingerprint density at radius 2 is 1.92 bits per heavy atom. The van der Waals surface area contributed by atoms with Crippen molar-refractivity contribution in [1.82, 2.24) is 19.6 Å². The fraction of sp³-hybridized carbons (Fsp3) is 0.500. The third-order valence-electron chi connectivity index (χ3n) is 7.14. The minimum atomic E-state index is -4.02. The van der Waals surface area contributed by atoms with Crippen molar-refractivity contribution in [2.75, 3.05) is 18.9 Å². The summed E-state index contributed by atoms with van der Waals surface area (Å²) in [7, 11) is -4.02. The number of benzene rings is 1. The molecule has 0 bridgehead atoms. The molecule has 5 atom stereocenters. The molecule has 2 aromatic heterocycles.